The first-order chi connectivity index (χ1) is 7.09. The van der Waals surface area contributed by atoms with Crippen LogP contribution in [0.5, 0.6) is 0 Å². The molecule has 2 N–H and O–H groups in total. The van der Waals surface area contributed by atoms with E-state index in [9.17, 15) is 5.11 Å². The van der Waals surface area contributed by atoms with Gasteiger partial charge in [0.1, 0.15) is 0 Å². The number of hydrogen-bond acceptors (Lipinski definition) is 2. The number of aliphatic hydroxyl groups is 1. The van der Waals surface area contributed by atoms with Crippen LogP contribution in [-0.4, -0.2) is 23.3 Å². The lowest BCUT2D eigenvalue weighted by Crippen LogP contribution is -2.42. The van der Waals surface area contributed by atoms with Crippen molar-refractivity contribution in [2.24, 2.45) is 0 Å². The lowest BCUT2D eigenvalue weighted by Gasteiger charge is -2.22. The Kier molecular flexibility index (Phi) is 4.79. The van der Waals surface area contributed by atoms with Crippen molar-refractivity contribution in [3.8, 4) is 0 Å². The molecule has 1 aromatic carbocycles. The summed E-state index contributed by atoms with van der Waals surface area (Å²) in [7, 11) is 0. The minimum atomic E-state index is -0.303. The Balaban J connectivity index is 2.39. The van der Waals surface area contributed by atoms with Crippen molar-refractivity contribution in [3.63, 3.8) is 0 Å². The molecule has 0 aliphatic heterocycles. The third kappa shape index (κ3) is 4.45. The van der Waals surface area contributed by atoms with Crippen molar-refractivity contribution < 1.29 is 5.11 Å². The van der Waals surface area contributed by atoms with Gasteiger partial charge in [-0.15, -0.1) is 0 Å². The number of rotatable bonds is 5. The molecule has 0 bridgehead atoms. The Hall–Kier alpha value is -0.860. The summed E-state index contributed by atoms with van der Waals surface area (Å²) in [6.45, 7) is 5.96. The summed E-state index contributed by atoms with van der Waals surface area (Å²) in [5, 5.41) is 12.8. The average Bonchev–Trinajstić information content (AvgIpc) is 2.18. The molecule has 0 saturated carbocycles. The number of hydrogen-bond donors (Lipinski definition) is 2. The molecule has 0 radical (unpaired) electrons. The van der Waals surface area contributed by atoms with Crippen molar-refractivity contribution in [3.05, 3.63) is 35.9 Å². The van der Waals surface area contributed by atoms with Gasteiger partial charge in [-0.3, -0.25) is 0 Å². The second-order valence-corrected chi connectivity index (χ2v) is 4.29. The van der Waals surface area contributed by atoms with Gasteiger partial charge in [0.15, 0.2) is 0 Å². The van der Waals surface area contributed by atoms with Gasteiger partial charge in [0, 0.05) is 12.1 Å². The predicted octanol–water partition coefficient (Wildman–Crippen LogP) is 1.98. The van der Waals surface area contributed by atoms with Crippen LogP contribution < -0.4 is 5.32 Å². The average molecular weight is 207 g/mol. The molecule has 0 unspecified atom stereocenters. The van der Waals surface area contributed by atoms with Crippen LogP contribution in [0.1, 0.15) is 26.3 Å². The Morgan fingerprint density at radius 3 is 2.27 bits per heavy atom. The molecule has 0 aliphatic rings. The molecule has 1 aromatic rings. The maximum absolute atomic E-state index is 9.37. The van der Waals surface area contributed by atoms with Crippen LogP contribution in [0.4, 0.5) is 0 Å². The molecular formula is C13H21NO. The van der Waals surface area contributed by atoms with Crippen molar-refractivity contribution in [1.29, 1.82) is 0 Å². The Labute approximate surface area is 92.3 Å². The normalized spacial score (nSPS) is 17.1. The standard InChI is InChI=1S/C13H21NO/c1-10(14-11(2)12(3)15)9-13-7-5-4-6-8-13/h4-8,10-12,14-15H,9H2,1-3H3/t10-,11-,12-/m1/s1. The number of aliphatic hydroxyl groups excluding tert-OH is 1. The van der Waals surface area contributed by atoms with E-state index in [1.807, 2.05) is 19.9 Å². The summed E-state index contributed by atoms with van der Waals surface area (Å²) >= 11 is 0. The molecule has 0 spiro atoms. The second kappa shape index (κ2) is 5.89. The van der Waals surface area contributed by atoms with Gasteiger partial charge in [-0.1, -0.05) is 30.3 Å². The highest BCUT2D eigenvalue weighted by atomic mass is 16.3. The van der Waals surface area contributed by atoms with Crippen LogP contribution >= 0.6 is 0 Å². The van der Waals surface area contributed by atoms with Crippen LogP contribution in [0.2, 0.25) is 0 Å². The fraction of sp³-hybridized carbons (Fsp3) is 0.538. The second-order valence-electron chi connectivity index (χ2n) is 4.29. The van der Waals surface area contributed by atoms with E-state index < -0.39 is 0 Å². The van der Waals surface area contributed by atoms with Gasteiger partial charge in [-0.25, -0.2) is 0 Å². The molecule has 0 aromatic heterocycles. The predicted molar refractivity (Wildman–Crippen MR) is 63.9 cm³/mol. The molecular weight excluding hydrogens is 186 g/mol. The van der Waals surface area contributed by atoms with E-state index in [1.54, 1.807) is 0 Å². The largest absolute Gasteiger partial charge is 0.392 e. The van der Waals surface area contributed by atoms with Crippen LogP contribution in [-0.2, 0) is 6.42 Å². The number of benzene rings is 1. The fourth-order valence-electron chi connectivity index (χ4n) is 1.61. The van der Waals surface area contributed by atoms with Crippen molar-refractivity contribution in [2.75, 3.05) is 0 Å². The van der Waals surface area contributed by atoms with Gasteiger partial charge >= 0.3 is 0 Å². The molecule has 15 heavy (non-hydrogen) atoms. The fourth-order valence-corrected chi connectivity index (χ4v) is 1.61. The van der Waals surface area contributed by atoms with Crippen LogP contribution in [0.25, 0.3) is 0 Å². The highest BCUT2D eigenvalue weighted by molar-refractivity contribution is 5.15. The summed E-state index contributed by atoms with van der Waals surface area (Å²) in [4.78, 5) is 0. The quantitative estimate of drug-likeness (QED) is 0.773. The van der Waals surface area contributed by atoms with E-state index in [0.29, 0.717) is 6.04 Å². The Morgan fingerprint density at radius 2 is 1.73 bits per heavy atom. The summed E-state index contributed by atoms with van der Waals surface area (Å²) in [6.07, 6.45) is 0.695. The minimum absolute atomic E-state index is 0.142. The Morgan fingerprint density at radius 1 is 1.13 bits per heavy atom. The van der Waals surface area contributed by atoms with E-state index in [2.05, 4.69) is 36.5 Å². The molecule has 2 heteroatoms. The number of nitrogens with one attached hydrogen (secondary N) is 1. The topological polar surface area (TPSA) is 32.3 Å². The third-order valence-electron chi connectivity index (χ3n) is 2.66. The van der Waals surface area contributed by atoms with Crippen molar-refractivity contribution >= 4 is 0 Å². The first kappa shape index (κ1) is 12.2. The zero-order chi connectivity index (χ0) is 11.3. The monoisotopic (exact) mass is 207 g/mol. The van der Waals surface area contributed by atoms with Crippen LogP contribution in [0.3, 0.4) is 0 Å². The summed E-state index contributed by atoms with van der Waals surface area (Å²) in [6, 6.07) is 10.9. The highest BCUT2D eigenvalue weighted by Crippen LogP contribution is 2.04. The third-order valence-corrected chi connectivity index (χ3v) is 2.66. The molecule has 2 nitrogen and oxygen atoms in total. The lowest BCUT2D eigenvalue weighted by molar-refractivity contribution is 0.147. The molecule has 3 atom stereocenters. The molecule has 0 amide bonds. The summed E-state index contributed by atoms with van der Waals surface area (Å²) in [5.74, 6) is 0. The molecule has 0 heterocycles. The molecule has 1 rings (SSSR count). The first-order valence-corrected chi connectivity index (χ1v) is 5.57. The van der Waals surface area contributed by atoms with E-state index in [-0.39, 0.29) is 12.1 Å². The van der Waals surface area contributed by atoms with Gasteiger partial charge < -0.3 is 10.4 Å². The van der Waals surface area contributed by atoms with Gasteiger partial charge in [0.05, 0.1) is 6.10 Å². The zero-order valence-electron chi connectivity index (χ0n) is 9.77. The molecule has 0 aliphatic carbocycles. The van der Waals surface area contributed by atoms with Crippen LogP contribution in [0.15, 0.2) is 30.3 Å². The lowest BCUT2D eigenvalue weighted by atomic mass is 10.1. The van der Waals surface area contributed by atoms with E-state index >= 15 is 0 Å². The maximum Gasteiger partial charge on any atom is 0.0662 e. The van der Waals surface area contributed by atoms with Gasteiger partial charge in [0.25, 0.3) is 0 Å². The summed E-state index contributed by atoms with van der Waals surface area (Å²) < 4.78 is 0. The Bertz CT molecular complexity index is 271. The van der Waals surface area contributed by atoms with Gasteiger partial charge in [-0.2, -0.15) is 0 Å². The smallest absolute Gasteiger partial charge is 0.0662 e. The van der Waals surface area contributed by atoms with E-state index in [4.69, 9.17) is 0 Å². The van der Waals surface area contributed by atoms with Crippen LogP contribution in [0, 0.1) is 0 Å². The van der Waals surface area contributed by atoms with Gasteiger partial charge in [-0.05, 0) is 32.8 Å². The van der Waals surface area contributed by atoms with Crippen molar-refractivity contribution in [2.45, 2.75) is 45.4 Å². The van der Waals surface area contributed by atoms with E-state index in [1.165, 1.54) is 5.56 Å². The first-order valence-electron chi connectivity index (χ1n) is 5.57. The van der Waals surface area contributed by atoms with Gasteiger partial charge in [0.2, 0.25) is 0 Å². The molecule has 0 saturated heterocycles. The van der Waals surface area contributed by atoms with E-state index in [0.717, 1.165) is 6.42 Å². The molecule has 84 valence electrons. The SMILES string of the molecule is C[C@H](Cc1ccccc1)N[C@H](C)[C@@H](C)O. The highest BCUT2D eigenvalue weighted by Gasteiger charge is 2.11. The minimum Gasteiger partial charge on any atom is -0.392 e. The molecule has 0 fully saturated rings. The zero-order valence-corrected chi connectivity index (χ0v) is 9.77. The van der Waals surface area contributed by atoms with Crippen molar-refractivity contribution in [1.82, 2.24) is 5.32 Å². The maximum atomic E-state index is 9.37. The summed E-state index contributed by atoms with van der Waals surface area (Å²) in [5.41, 5.74) is 1.33.